The van der Waals surface area contributed by atoms with Crippen molar-refractivity contribution in [2.75, 3.05) is 0 Å². The zero-order valence-corrected chi connectivity index (χ0v) is 12.6. The first kappa shape index (κ1) is 14.2. The van der Waals surface area contributed by atoms with Crippen LogP contribution in [0.15, 0.2) is 47.4 Å². The number of carbonyl (C=O) groups excluding carboxylic acids is 1. The minimum atomic E-state index is -0.236. The van der Waals surface area contributed by atoms with Crippen molar-refractivity contribution in [3.63, 3.8) is 0 Å². The summed E-state index contributed by atoms with van der Waals surface area (Å²) in [4.78, 5) is 13.0. The smallest absolute Gasteiger partial charge is 0.265 e. The van der Waals surface area contributed by atoms with Crippen LogP contribution in [-0.4, -0.2) is 5.91 Å². The van der Waals surface area contributed by atoms with Crippen LogP contribution in [0.5, 0.6) is 0 Å². The quantitative estimate of drug-likeness (QED) is 0.395. The predicted molar refractivity (Wildman–Crippen MR) is 86.1 cm³/mol. The Hall–Kier alpha value is -1.78. The van der Waals surface area contributed by atoms with Crippen LogP contribution in [-0.2, 0) is 18.6 Å². The average molecular weight is 298 g/mol. The molecule has 0 radical (unpaired) electrons. The van der Waals surface area contributed by atoms with Gasteiger partial charge in [0.1, 0.15) is 0 Å². The molecule has 3 nitrogen and oxygen atoms in total. The molecule has 0 bridgehead atoms. The third kappa shape index (κ3) is 3.12. The van der Waals surface area contributed by atoms with Crippen LogP contribution in [0.4, 0.5) is 0 Å². The summed E-state index contributed by atoms with van der Waals surface area (Å²) in [6, 6.07) is 14.3. The molecule has 0 fully saturated rings. The van der Waals surface area contributed by atoms with Crippen molar-refractivity contribution in [2.45, 2.75) is 29.9 Å². The number of aryl methyl sites for hydroxylation is 2. The topological polar surface area (TPSA) is 55.1 Å². The molecule has 0 saturated heterocycles. The molecule has 0 aromatic heterocycles. The predicted octanol–water partition coefficient (Wildman–Crippen LogP) is 3.07. The van der Waals surface area contributed by atoms with Gasteiger partial charge in [-0.3, -0.25) is 10.2 Å². The van der Waals surface area contributed by atoms with Gasteiger partial charge in [-0.1, -0.05) is 24.3 Å². The van der Waals surface area contributed by atoms with Gasteiger partial charge in [-0.15, -0.1) is 11.8 Å². The van der Waals surface area contributed by atoms with Crippen molar-refractivity contribution in [1.29, 1.82) is 0 Å². The molecular weight excluding hydrogens is 280 g/mol. The zero-order chi connectivity index (χ0) is 14.7. The lowest BCUT2D eigenvalue weighted by Gasteiger charge is -2.09. The van der Waals surface area contributed by atoms with Gasteiger partial charge in [0.15, 0.2) is 0 Å². The fourth-order valence-electron chi connectivity index (χ4n) is 2.74. The Morgan fingerprint density at radius 2 is 1.95 bits per heavy atom. The molecule has 3 N–H and O–H groups in total. The van der Waals surface area contributed by atoms with Crippen LogP contribution >= 0.6 is 11.8 Å². The summed E-state index contributed by atoms with van der Waals surface area (Å²) in [7, 11) is 0. The molecule has 0 heterocycles. The Bertz CT molecular complexity index is 670. The fourth-order valence-corrected chi connectivity index (χ4v) is 3.71. The van der Waals surface area contributed by atoms with Crippen LogP contribution in [0.1, 0.15) is 33.5 Å². The van der Waals surface area contributed by atoms with E-state index in [4.69, 9.17) is 5.84 Å². The summed E-state index contributed by atoms with van der Waals surface area (Å²) < 4.78 is 0. The molecule has 108 valence electrons. The first-order valence-electron chi connectivity index (χ1n) is 7.11. The van der Waals surface area contributed by atoms with Crippen molar-refractivity contribution in [2.24, 2.45) is 5.84 Å². The van der Waals surface area contributed by atoms with Gasteiger partial charge in [0.25, 0.3) is 5.91 Å². The molecule has 0 saturated carbocycles. The van der Waals surface area contributed by atoms with Crippen LogP contribution in [0.25, 0.3) is 0 Å². The van der Waals surface area contributed by atoms with E-state index < -0.39 is 0 Å². The minimum Gasteiger partial charge on any atom is -0.290 e. The highest BCUT2D eigenvalue weighted by atomic mass is 32.2. The molecule has 2 aromatic rings. The second-order valence-corrected chi connectivity index (χ2v) is 6.25. The molecule has 21 heavy (non-hydrogen) atoms. The molecule has 4 heteroatoms. The largest absolute Gasteiger partial charge is 0.290 e. The van der Waals surface area contributed by atoms with Crippen LogP contribution in [0, 0.1) is 0 Å². The first-order chi connectivity index (χ1) is 10.3. The summed E-state index contributed by atoms with van der Waals surface area (Å²) in [6.07, 6.45) is 3.67. The molecule has 2 aromatic carbocycles. The average Bonchev–Trinajstić information content (AvgIpc) is 3.00. The lowest BCUT2D eigenvalue weighted by molar-refractivity contribution is 0.0953. The fraction of sp³-hybridized carbons (Fsp3) is 0.235. The molecule has 0 unspecified atom stereocenters. The molecular formula is C17H18N2OS. The van der Waals surface area contributed by atoms with Gasteiger partial charge in [0, 0.05) is 16.2 Å². The van der Waals surface area contributed by atoms with Gasteiger partial charge >= 0.3 is 0 Å². The second kappa shape index (κ2) is 6.33. The van der Waals surface area contributed by atoms with E-state index >= 15 is 0 Å². The number of hydrazine groups is 1. The lowest BCUT2D eigenvalue weighted by Crippen LogP contribution is -2.30. The number of hydrogen-bond donors (Lipinski definition) is 2. The highest BCUT2D eigenvalue weighted by Crippen LogP contribution is 2.30. The van der Waals surface area contributed by atoms with Crippen molar-refractivity contribution >= 4 is 17.7 Å². The Morgan fingerprint density at radius 3 is 2.81 bits per heavy atom. The summed E-state index contributed by atoms with van der Waals surface area (Å²) in [5.74, 6) is 5.77. The number of fused-ring (bicyclic) bond motifs is 1. The first-order valence-corrected chi connectivity index (χ1v) is 8.10. The maximum atomic E-state index is 11.8. The zero-order valence-electron chi connectivity index (χ0n) is 11.8. The molecule has 0 aliphatic heterocycles. The van der Waals surface area contributed by atoms with E-state index in [1.165, 1.54) is 35.3 Å². The number of thioether (sulfide) groups is 1. The summed E-state index contributed by atoms with van der Waals surface area (Å²) in [5.41, 5.74) is 6.83. The number of carbonyl (C=O) groups is 1. The SMILES string of the molecule is NNC(=O)c1ccccc1CSc1ccc2c(c1)CCC2. The highest BCUT2D eigenvalue weighted by Gasteiger charge is 2.12. The van der Waals surface area contributed by atoms with Crippen LogP contribution in [0.2, 0.25) is 0 Å². The van der Waals surface area contributed by atoms with E-state index in [9.17, 15) is 4.79 Å². The summed E-state index contributed by atoms with van der Waals surface area (Å²) in [6.45, 7) is 0. The Kier molecular flexibility index (Phi) is 4.27. The molecule has 0 atom stereocenters. The van der Waals surface area contributed by atoms with E-state index in [1.807, 2.05) is 18.2 Å². The summed E-state index contributed by atoms with van der Waals surface area (Å²) >= 11 is 1.76. The number of hydrogen-bond acceptors (Lipinski definition) is 3. The van der Waals surface area contributed by atoms with Gasteiger partial charge in [0.05, 0.1) is 0 Å². The maximum Gasteiger partial charge on any atom is 0.265 e. The van der Waals surface area contributed by atoms with E-state index in [-0.39, 0.29) is 5.91 Å². The number of nitrogens with one attached hydrogen (secondary N) is 1. The number of nitrogen functional groups attached to an aromatic ring is 1. The Balaban J connectivity index is 1.75. The number of benzene rings is 2. The Labute approximate surface area is 128 Å². The van der Waals surface area contributed by atoms with E-state index in [0.717, 1.165) is 11.3 Å². The van der Waals surface area contributed by atoms with Gasteiger partial charge in [-0.25, -0.2) is 5.84 Å². The van der Waals surface area contributed by atoms with Crippen molar-refractivity contribution in [3.8, 4) is 0 Å². The molecule has 3 rings (SSSR count). The van der Waals surface area contributed by atoms with Crippen LogP contribution in [0.3, 0.4) is 0 Å². The van der Waals surface area contributed by atoms with Gasteiger partial charge < -0.3 is 0 Å². The van der Waals surface area contributed by atoms with Gasteiger partial charge in [-0.2, -0.15) is 0 Å². The third-order valence-corrected chi connectivity index (χ3v) is 4.90. The van der Waals surface area contributed by atoms with Crippen LogP contribution < -0.4 is 11.3 Å². The van der Waals surface area contributed by atoms with Gasteiger partial charge in [0.2, 0.25) is 0 Å². The lowest BCUT2D eigenvalue weighted by atomic mass is 10.1. The van der Waals surface area contributed by atoms with Crippen molar-refractivity contribution in [3.05, 3.63) is 64.7 Å². The van der Waals surface area contributed by atoms with E-state index in [0.29, 0.717) is 5.56 Å². The van der Waals surface area contributed by atoms with Crippen molar-refractivity contribution < 1.29 is 4.79 Å². The molecule has 0 spiro atoms. The molecule has 1 aliphatic rings. The highest BCUT2D eigenvalue weighted by molar-refractivity contribution is 7.98. The number of nitrogens with two attached hydrogens (primary N) is 1. The Morgan fingerprint density at radius 1 is 1.14 bits per heavy atom. The molecule has 1 aliphatic carbocycles. The van der Waals surface area contributed by atoms with Crippen molar-refractivity contribution in [1.82, 2.24) is 5.43 Å². The van der Waals surface area contributed by atoms with E-state index in [2.05, 4.69) is 23.6 Å². The third-order valence-electron chi connectivity index (χ3n) is 3.86. The number of rotatable bonds is 4. The molecule has 1 amide bonds. The number of amides is 1. The minimum absolute atomic E-state index is 0.236. The maximum absolute atomic E-state index is 11.8. The second-order valence-electron chi connectivity index (χ2n) is 5.20. The monoisotopic (exact) mass is 298 g/mol. The summed E-state index contributed by atoms with van der Waals surface area (Å²) in [5, 5.41) is 0. The van der Waals surface area contributed by atoms with Gasteiger partial charge in [-0.05, 0) is 54.2 Å². The normalized spacial score (nSPS) is 13.0. The van der Waals surface area contributed by atoms with E-state index in [1.54, 1.807) is 17.8 Å². The standard InChI is InChI=1S/C17H18N2OS/c18-19-17(20)16-7-2-1-4-14(16)11-21-15-9-8-12-5-3-6-13(12)10-15/h1-2,4,7-10H,3,5-6,11,18H2,(H,19,20).